The van der Waals surface area contributed by atoms with Crippen LogP contribution in [0.4, 0.5) is 8.78 Å². The van der Waals surface area contributed by atoms with E-state index in [2.05, 4.69) is 5.32 Å². The highest BCUT2D eigenvalue weighted by atomic mass is 19.1. The van der Waals surface area contributed by atoms with Gasteiger partial charge in [0.05, 0.1) is 0 Å². The Morgan fingerprint density at radius 1 is 1.27 bits per heavy atom. The predicted octanol–water partition coefficient (Wildman–Crippen LogP) is 2.75. The first-order valence-electron chi connectivity index (χ1n) is 5.15. The van der Waals surface area contributed by atoms with Crippen LogP contribution in [0.2, 0.25) is 0 Å². The molecule has 0 aliphatic heterocycles. The normalized spacial score (nSPS) is 15.0. The van der Waals surface area contributed by atoms with Gasteiger partial charge in [0.25, 0.3) is 0 Å². The van der Waals surface area contributed by atoms with E-state index in [0.717, 1.165) is 6.07 Å². The molecular weight excluding hydrogens is 196 g/mol. The van der Waals surface area contributed by atoms with Gasteiger partial charge in [0.15, 0.2) is 0 Å². The fourth-order valence-corrected chi connectivity index (χ4v) is 1.50. The Balaban J connectivity index is 2.72. The number of nitrogens with one attached hydrogen (secondary N) is 1. The van der Waals surface area contributed by atoms with Crippen molar-refractivity contribution in [3.05, 3.63) is 35.4 Å². The van der Waals surface area contributed by atoms with Gasteiger partial charge in [0.2, 0.25) is 0 Å². The van der Waals surface area contributed by atoms with Crippen LogP contribution in [-0.4, -0.2) is 13.1 Å². The molecule has 1 nitrogen and oxygen atoms in total. The highest BCUT2D eigenvalue weighted by molar-refractivity contribution is 5.19. The summed E-state index contributed by atoms with van der Waals surface area (Å²) in [6.07, 6.45) is 0.619. The summed E-state index contributed by atoms with van der Waals surface area (Å²) in [4.78, 5) is 0. The lowest BCUT2D eigenvalue weighted by atomic mass is 9.95. The number of halogens is 2. The molecule has 2 atom stereocenters. The molecule has 1 aromatic carbocycles. The summed E-state index contributed by atoms with van der Waals surface area (Å²) < 4.78 is 26.0. The fourth-order valence-electron chi connectivity index (χ4n) is 1.50. The van der Waals surface area contributed by atoms with Crippen LogP contribution >= 0.6 is 0 Å². The van der Waals surface area contributed by atoms with Gasteiger partial charge in [0, 0.05) is 12.1 Å². The van der Waals surface area contributed by atoms with E-state index in [0.29, 0.717) is 23.9 Å². The smallest absolute Gasteiger partial charge is 0.129 e. The van der Waals surface area contributed by atoms with Crippen molar-refractivity contribution >= 4 is 0 Å². The summed E-state index contributed by atoms with van der Waals surface area (Å²) in [7, 11) is 1.88. The van der Waals surface area contributed by atoms with Crippen LogP contribution in [0.25, 0.3) is 0 Å². The fraction of sp³-hybridized carbons (Fsp3) is 0.500. The van der Waals surface area contributed by atoms with Crippen molar-refractivity contribution in [3.63, 3.8) is 0 Å². The van der Waals surface area contributed by atoms with Crippen molar-refractivity contribution < 1.29 is 8.78 Å². The van der Waals surface area contributed by atoms with Crippen molar-refractivity contribution in [1.82, 2.24) is 5.32 Å². The Morgan fingerprint density at radius 3 is 2.47 bits per heavy atom. The van der Waals surface area contributed by atoms with Crippen molar-refractivity contribution in [2.24, 2.45) is 5.92 Å². The summed E-state index contributed by atoms with van der Waals surface area (Å²) in [6, 6.07) is 4.07. The third kappa shape index (κ3) is 3.27. The molecule has 0 spiro atoms. The van der Waals surface area contributed by atoms with Crippen molar-refractivity contribution in [3.8, 4) is 0 Å². The molecule has 15 heavy (non-hydrogen) atoms. The van der Waals surface area contributed by atoms with Crippen LogP contribution in [0.3, 0.4) is 0 Å². The van der Waals surface area contributed by atoms with Crippen LogP contribution in [0.1, 0.15) is 19.4 Å². The molecule has 0 aliphatic carbocycles. The van der Waals surface area contributed by atoms with Crippen LogP contribution in [0.5, 0.6) is 0 Å². The maximum absolute atomic E-state index is 13.3. The second kappa shape index (κ2) is 5.21. The summed E-state index contributed by atoms with van der Waals surface area (Å²) in [5, 5.41) is 3.12. The molecule has 0 radical (unpaired) electrons. The second-order valence-corrected chi connectivity index (χ2v) is 3.99. The van der Waals surface area contributed by atoms with Gasteiger partial charge in [-0.05, 0) is 37.9 Å². The third-order valence-corrected chi connectivity index (χ3v) is 2.87. The van der Waals surface area contributed by atoms with E-state index >= 15 is 0 Å². The standard InChI is InChI=1S/C12H17F2N/c1-8(9(2)15-3)6-10-4-5-11(13)7-12(10)14/h4-5,7-9,15H,6H2,1-3H3. The van der Waals surface area contributed by atoms with E-state index in [-0.39, 0.29) is 0 Å². The SMILES string of the molecule is CNC(C)C(C)Cc1ccc(F)cc1F. The third-order valence-electron chi connectivity index (χ3n) is 2.87. The number of benzene rings is 1. The van der Waals surface area contributed by atoms with E-state index in [9.17, 15) is 8.78 Å². The Morgan fingerprint density at radius 2 is 1.93 bits per heavy atom. The maximum atomic E-state index is 13.3. The average Bonchev–Trinajstić information content (AvgIpc) is 2.20. The van der Waals surface area contributed by atoms with Gasteiger partial charge in [-0.25, -0.2) is 8.78 Å². The van der Waals surface area contributed by atoms with E-state index in [1.54, 1.807) is 0 Å². The highest BCUT2D eigenvalue weighted by Crippen LogP contribution is 2.16. The first kappa shape index (κ1) is 12.1. The zero-order chi connectivity index (χ0) is 11.4. The minimum Gasteiger partial charge on any atom is -0.317 e. The predicted molar refractivity (Wildman–Crippen MR) is 57.7 cm³/mol. The molecular formula is C12H17F2N. The summed E-state index contributed by atoms with van der Waals surface area (Å²) in [5.41, 5.74) is 0.575. The van der Waals surface area contributed by atoms with Crippen LogP contribution in [0.15, 0.2) is 18.2 Å². The summed E-state index contributed by atoms with van der Waals surface area (Å²) >= 11 is 0. The minimum atomic E-state index is -0.523. The number of rotatable bonds is 4. The van der Waals surface area contributed by atoms with Gasteiger partial charge in [-0.15, -0.1) is 0 Å². The van der Waals surface area contributed by atoms with Crippen LogP contribution < -0.4 is 5.32 Å². The Labute approximate surface area is 89.5 Å². The van der Waals surface area contributed by atoms with Gasteiger partial charge in [0.1, 0.15) is 11.6 Å². The highest BCUT2D eigenvalue weighted by Gasteiger charge is 2.13. The van der Waals surface area contributed by atoms with Crippen molar-refractivity contribution in [1.29, 1.82) is 0 Å². The van der Waals surface area contributed by atoms with Gasteiger partial charge in [-0.3, -0.25) is 0 Å². The average molecular weight is 213 g/mol. The molecule has 0 saturated carbocycles. The summed E-state index contributed by atoms with van der Waals surface area (Å²) in [5.74, 6) is -0.661. The molecule has 3 heteroatoms. The number of hydrogen-bond acceptors (Lipinski definition) is 1. The second-order valence-electron chi connectivity index (χ2n) is 3.99. The molecule has 1 rings (SSSR count). The molecule has 1 N–H and O–H groups in total. The van der Waals surface area contributed by atoms with Gasteiger partial charge < -0.3 is 5.32 Å². The van der Waals surface area contributed by atoms with Crippen LogP contribution in [-0.2, 0) is 6.42 Å². The molecule has 0 amide bonds. The van der Waals surface area contributed by atoms with E-state index in [4.69, 9.17) is 0 Å². The molecule has 1 aromatic rings. The van der Waals surface area contributed by atoms with Gasteiger partial charge in [-0.2, -0.15) is 0 Å². The topological polar surface area (TPSA) is 12.0 Å². The molecule has 0 fully saturated rings. The van der Waals surface area contributed by atoms with Gasteiger partial charge in [-0.1, -0.05) is 13.0 Å². The molecule has 0 heterocycles. The Hall–Kier alpha value is -0.960. The lowest BCUT2D eigenvalue weighted by Gasteiger charge is -2.19. The monoisotopic (exact) mass is 213 g/mol. The van der Waals surface area contributed by atoms with E-state index < -0.39 is 11.6 Å². The van der Waals surface area contributed by atoms with Crippen molar-refractivity contribution in [2.45, 2.75) is 26.3 Å². The minimum absolute atomic E-state index is 0.314. The van der Waals surface area contributed by atoms with Crippen molar-refractivity contribution in [2.75, 3.05) is 7.05 Å². The first-order valence-corrected chi connectivity index (χ1v) is 5.15. The van der Waals surface area contributed by atoms with Crippen LogP contribution in [0, 0.1) is 17.6 Å². The lowest BCUT2D eigenvalue weighted by Crippen LogP contribution is -2.30. The molecule has 0 saturated heterocycles. The number of hydrogen-bond donors (Lipinski definition) is 1. The van der Waals surface area contributed by atoms with E-state index in [1.165, 1.54) is 12.1 Å². The quantitative estimate of drug-likeness (QED) is 0.811. The summed E-state index contributed by atoms with van der Waals surface area (Å²) in [6.45, 7) is 4.09. The first-order chi connectivity index (χ1) is 7.04. The Bertz CT molecular complexity index is 325. The lowest BCUT2D eigenvalue weighted by molar-refractivity contribution is 0.417. The molecule has 84 valence electrons. The largest absolute Gasteiger partial charge is 0.317 e. The molecule has 2 unspecified atom stereocenters. The molecule has 0 aliphatic rings. The Kier molecular flexibility index (Phi) is 4.21. The zero-order valence-corrected chi connectivity index (χ0v) is 9.35. The molecule has 0 aromatic heterocycles. The maximum Gasteiger partial charge on any atom is 0.129 e. The van der Waals surface area contributed by atoms with Gasteiger partial charge >= 0.3 is 0 Å². The zero-order valence-electron chi connectivity index (χ0n) is 9.35. The van der Waals surface area contributed by atoms with E-state index in [1.807, 2.05) is 20.9 Å². The molecule has 0 bridgehead atoms.